The van der Waals surface area contributed by atoms with E-state index in [1.54, 1.807) is 7.05 Å². The summed E-state index contributed by atoms with van der Waals surface area (Å²) in [5.74, 6) is 1.75. The highest BCUT2D eigenvalue weighted by molar-refractivity contribution is 7.91. The molecule has 0 amide bonds. The van der Waals surface area contributed by atoms with Crippen molar-refractivity contribution in [1.29, 1.82) is 0 Å². The van der Waals surface area contributed by atoms with Crippen LogP contribution in [0.25, 0.3) is 0 Å². The Hall–Kier alpha value is -1.37. The number of hydrogen-bond donors (Lipinski definition) is 1. The van der Waals surface area contributed by atoms with Gasteiger partial charge in [-0.2, -0.15) is 4.98 Å². The fourth-order valence-electron chi connectivity index (χ4n) is 1.77. The third-order valence-corrected chi connectivity index (χ3v) is 4.34. The van der Waals surface area contributed by atoms with Gasteiger partial charge in [0.25, 0.3) is 0 Å². The molecule has 1 N–H and O–H groups in total. The lowest BCUT2D eigenvalue weighted by molar-refractivity contribution is 0.586. The average molecular weight is 256 g/mol. The van der Waals surface area contributed by atoms with Gasteiger partial charge >= 0.3 is 0 Å². The van der Waals surface area contributed by atoms with Crippen molar-refractivity contribution >= 4 is 21.6 Å². The van der Waals surface area contributed by atoms with Crippen molar-refractivity contribution in [2.45, 2.75) is 6.92 Å². The van der Waals surface area contributed by atoms with E-state index >= 15 is 0 Å². The quantitative estimate of drug-likeness (QED) is 0.806. The van der Waals surface area contributed by atoms with Crippen molar-refractivity contribution in [3.05, 3.63) is 11.8 Å². The smallest absolute Gasteiger partial charge is 0.224 e. The van der Waals surface area contributed by atoms with Crippen molar-refractivity contribution in [3.63, 3.8) is 0 Å². The fraction of sp³-hybridized carbons (Fsp3) is 0.600. The molecule has 0 spiro atoms. The molecular formula is C10H16N4O2S. The van der Waals surface area contributed by atoms with E-state index in [1.807, 2.05) is 17.9 Å². The second-order valence-corrected chi connectivity index (χ2v) is 6.38. The molecule has 1 aromatic rings. The number of aryl methyl sites for hydroxylation is 1. The molecule has 6 nitrogen and oxygen atoms in total. The Morgan fingerprint density at radius 1 is 1.29 bits per heavy atom. The first-order valence-electron chi connectivity index (χ1n) is 5.49. The summed E-state index contributed by atoms with van der Waals surface area (Å²) in [4.78, 5) is 10.5. The van der Waals surface area contributed by atoms with Crippen molar-refractivity contribution in [2.75, 3.05) is 41.9 Å². The number of nitrogens with one attached hydrogen (secondary N) is 1. The molecule has 0 radical (unpaired) electrons. The number of nitrogens with zero attached hydrogens (tertiary/aromatic N) is 3. The van der Waals surface area contributed by atoms with Gasteiger partial charge in [-0.1, -0.05) is 0 Å². The van der Waals surface area contributed by atoms with Crippen LogP contribution in [0, 0.1) is 6.92 Å². The van der Waals surface area contributed by atoms with Crippen LogP contribution in [0.15, 0.2) is 6.07 Å². The van der Waals surface area contributed by atoms with Gasteiger partial charge in [0.1, 0.15) is 5.82 Å². The summed E-state index contributed by atoms with van der Waals surface area (Å²) < 4.78 is 22.7. The Labute approximate surface area is 101 Å². The van der Waals surface area contributed by atoms with Crippen LogP contribution in [0.1, 0.15) is 5.69 Å². The summed E-state index contributed by atoms with van der Waals surface area (Å²) in [5.41, 5.74) is 0.868. The third-order valence-electron chi connectivity index (χ3n) is 2.73. The highest BCUT2D eigenvalue weighted by atomic mass is 32.2. The molecule has 0 saturated carbocycles. The van der Waals surface area contributed by atoms with Crippen LogP contribution in [0.2, 0.25) is 0 Å². The maximum atomic E-state index is 11.3. The highest BCUT2D eigenvalue weighted by Crippen LogP contribution is 2.17. The topological polar surface area (TPSA) is 75.2 Å². The maximum absolute atomic E-state index is 11.3. The van der Waals surface area contributed by atoms with Crippen LogP contribution >= 0.6 is 0 Å². The van der Waals surface area contributed by atoms with Gasteiger partial charge in [-0.15, -0.1) is 0 Å². The van der Waals surface area contributed by atoms with E-state index < -0.39 is 9.84 Å². The lowest BCUT2D eigenvalue weighted by atomic mass is 10.4. The Morgan fingerprint density at radius 2 is 1.94 bits per heavy atom. The molecule has 7 heteroatoms. The summed E-state index contributed by atoms with van der Waals surface area (Å²) in [6.45, 7) is 2.90. The lowest BCUT2D eigenvalue weighted by Gasteiger charge is -2.27. The fourth-order valence-corrected chi connectivity index (χ4v) is 2.97. The van der Waals surface area contributed by atoms with E-state index in [-0.39, 0.29) is 11.5 Å². The zero-order valence-electron chi connectivity index (χ0n) is 9.97. The number of hydrogen-bond acceptors (Lipinski definition) is 6. The Kier molecular flexibility index (Phi) is 3.19. The molecule has 1 aliphatic heterocycles. The van der Waals surface area contributed by atoms with E-state index in [2.05, 4.69) is 15.3 Å². The van der Waals surface area contributed by atoms with Crippen molar-refractivity contribution < 1.29 is 8.42 Å². The molecular weight excluding hydrogens is 240 g/mol. The first-order chi connectivity index (χ1) is 8.00. The van der Waals surface area contributed by atoms with Gasteiger partial charge in [0.05, 0.1) is 11.5 Å². The number of anilines is 2. The second-order valence-electron chi connectivity index (χ2n) is 4.08. The third kappa shape index (κ3) is 2.85. The minimum Gasteiger partial charge on any atom is -0.357 e. The molecule has 0 bridgehead atoms. The van der Waals surface area contributed by atoms with Gasteiger partial charge in [-0.05, 0) is 6.92 Å². The molecule has 0 aromatic carbocycles. The molecule has 1 saturated heterocycles. The molecule has 0 unspecified atom stereocenters. The monoisotopic (exact) mass is 256 g/mol. The summed E-state index contributed by atoms with van der Waals surface area (Å²) in [5, 5.41) is 2.90. The van der Waals surface area contributed by atoms with Crippen LogP contribution in [0.4, 0.5) is 11.8 Å². The predicted molar refractivity (Wildman–Crippen MR) is 67.2 cm³/mol. The molecule has 2 rings (SSSR count). The molecule has 94 valence electrons. The molecule has 1 aliphatic rings. The maximum Gasteiger partial charge on any atom is 0.224 e. The van der Waals surface area contributed by atoms with E-state index in [1.165, 1.54) is 0 Å². The second kappa shape index (κ2) is 4.48. The summed E-state index contributed by atoms with van der Waals surface area (Å²) in [7, 11) is -1.09. The first kappa shape index (κ1) is 12.1. The Bertz CT molecular complexity index is 501. The van der Waals surface area contributed by atoms with Gasteiger partial charge in [0, 0.05) is 31.9 Å². The normalized spacial score (nSPS) is 19.1. The van der Waals surface area contributed by atoms with Crippen LogP contribution < -0.4 is 10.2 Å². The summed E-state index contributed by atoms with van der Waals surface area (Å²) >= 11 is 0. The van der Waals surface area contributed by atoms with Crippen molar-refractivity contribution in [1.82, 2.24) is 9.97 Å². The molecule has 17 heavy (non-hydrogen) atoms. The van der Waals surface area contributed by atoms with Gasteiger partial charge in [-0.3, -0.25) is 0 Å². The van der Waals surface area contributed by atoms with Gasteiger partial charge < -0.3 is 10.2 Å². The van der Waals surface area contributed by atoms with E-state index in [4.69, 9.17) is 0 Å². The number of aromatic nitrogens is 2. The van der Waals surface area contributed by atoms with E-state index in [9.17, 15) is 8.42 Å². The van der Waals surface area contributed by atoms with E-state index in [0.717, 1.165) is 11.5 Å². The summed E-state index contributed by atoms with van der Waals surface area (Å²) in [6, 6.07) is 1.87. The average Bonchev–Trinajstić information content (AvgIpc) is 2.28. The Morgan fingerprint density at radius 3 is 2.53 bits per heavy atom. The predicted octanol–water partition coefficient (Wildman–Crippen LogP) is 0.0615. The Balaban J connectivity index is 2.21. The SMILES string of the molecule is CNc1nc(C)cc(N2CCS(=O)(=O)CC2)n1. The first-order valence-corrected chi connectivity index (χ1v) is 7.31. The summed E-state index contributed by atoms with van der Waals surface area (Å²) in [6.07, 6.45) is 0. The molecule has 0 atom stereocenters. The van der Waals surface area contributed by atoms with Crippen LogP contribution in [0.5, 0.6) is 0 Å². The lowest BCUT2D eigenvalue weighted by Crippen LogP contribution is -2.40. The largest absolute Gasteiger partial charge is 0.357 e. The number of rotatable bonds is 2. The highest BCUT2D eigenvalue weighted by Gasteiger charge is 2.22. The van der Waals surface area contributed by atoms with Gasteiger partial charge in [-0.25, -0.2) is 13.4 Å². The molecule has 0 aliphatic carbocycles. The number of sulfone groups is 1. The van der Waals surface area contributed by atoms with Crippen LogP contribution in [0.3, 0.4) is 0 Å². The van der Waals surface area contributed by atoms with Crippen LogP contribution in [-0.2, 0) is 9.84 Å². The molecule has 1 fully saturated rings. The van der Waals surface area contributed by atoms with Gasteiger partial charge in [0.2, 0.25) is 5.95 Å². The zero-order chi connectivity index (χ0) is 12.5. The minimum absolute atomic E-state index is 0.199. The van der Waals surface area contributed by atoms with Crippen molar-refractivity contribution in [2.24, 2.45) is 0 Å². The minimum atomic E-state index is -2.85. The van der Waals surface area contributed by atoms with Crippen molar-refractivity contribution in [3.8, 4) is 0 Å². The zero-order valence-corrected chi connectivity index (χ0v) is 10.8. The van der Waals surface area contributed by atoms with Gasteiger partial charge in [0.15, 0.2) is 9.84 Å². The molecule has 1 aromatic heterocycles. The standard InChI is InChI=1S/C10H16N4O2S/c1-8-7-9(13-10(11-2)12-8)14-3-5-17(15,16)6-4-14/h7H,3-6H2,1-2H3,(H,11,12,13). The van der Waals surface area contributed by atoms with E-state index in [0.29, 0.717) is 19.0 Å². The van der Waals surface area contributed by atoms with Crippen LogP contribution in [-0.4, -0.2) is 50.0 Å². The molecule has 2 heterocycles.